The van der Waals surface area contributed by atoms with Crippen molar-refractivity contribution < 1.29 is 9.69 Å². The molecule has 0 aromatic heterocycles. The molecule has 9 heavy (non-hydrogen) atoms. The molecule has 0 saturated carbocycles. The molecule has 1 aliphatic heterocycles. The van der Waals surface area contributed by atoms with E-state index in [2.05, 4.69) is 10.4 Å². The molecule has 1 aliphatic rings. The van der Waals surface area contributed by atoms with Crippen LogP contribution in [-0.2, 0) is 0 Å². The van der Waals surface area contributed by atoms with Crippen LogP contribution in [0.1, 0.15) is 6.92 Å². The van der Waals surface area contributed by atoms with Crippen molar-refractivity contribution in [3.63, 3.8) is 0 Å². The van der Waals surface area contributed by atoms with Crippen LogP contribution in [0.25, 0.3) is 0 Å². The molecule has 1 atom stereocenters. The van der Waals surface area contributed by atoms with E-state index < -0.39 is 7.64 Å². The van der Waals surface area contributed by atoms with Gasteiger partial charge in [-0.25, -0.2) is 0 Å². The molecule has 0 spiro atoms. The Balaban J connectivity index is 2.69. The van der Waals surface area contributed by atoms with E-state index >= 15 is 0 Å². The van der Waals surface area contributed by atoms with E-state index in [1.54, 1.807) is 13.6 Å². The second-order valence-corrected chi connectivity index (χ2v) is 5.88. The number of urea groups is 1. The predicted molar refractivity (Wildman–Crippen MR) is 37.6 cm³/mol. The number of hydrogen-bond donors (Lipinski definition) is 3. The van der Waals surface area contributed by atoms with E-state index in [9.17, 15) is 9.69 Å². The van der Waals surface area contributed by atoms with E-state index in [0.29, 0.717) is 0 Å². The number of amides is 2. The van der Waals surface area contributed by atoms with Crippen molar-refractivity contribution >= 4 is 13.7 Å². The molecule has 4 nitrogen and oxygen atoms in total. The zero-order chi connectivity index (χ0) is 7.07. The molecule has 1 heterocycles. The molecule has 1 fully saturated rings. The zero-order valence-corrected chi connectivity index (χ0v) is 6.43. The Morgan fingerprint density at radius 3 is 2.44 bits per heavy atom. The molecule has 2 amide bonds. The van der Waals surface area contributed by atoms with Gasteiger partial charge in [0.1, 0.15) is 0 Å². The van der Waals surface area contributed by atoms with Gasteiger partial charge in [-0.3, -0.25) is 0 Å². The number of nitrogens with one attached hydrogen (secondary N) is 2. The molecule has 0 aromatic rings. The maximum atomic E-state index is 10.5. The third-order valence-corrected chi connectivity index (χ3v) is 4.12. The van der Waals surface area contributed by atoms with Crippen molar-refractivity contribution in [3.8, 4) is 0 Å². The monoisotopic (exact) mass is 150 g/mol. The van der Waals surface area contributed by atoms with Gasteiger partial charge in [0.15, 0.2) is 0 Å². The molecule has 0 aliphatic carbocycles. The van der Waals surface area contributed by atoms with E-state index in [4.69, 9.17) is 0 Å². The van der Waals surface area contributed by atoms with Gasteiger partial charge in [0.25, 0.3) is 0 Å². The summed E-state index contributed by atoms with van der Waals surface area (Å²) in [5.74, 6) is -0.0787. The first-order valence-electron chi connectivity index (χ1n) is 2.83. The zero-order valence-electron chi connectivity index (χ0n) is 5.43. The van der Waals surface area contributed by atoms with Crippen LogP contribution < -0.4 is 10.4 Å². The van der Waals surface area contributed by atoms with Crippen molar-refractivity contribution in [2.24, 2.45) is 0 Å². The minimum absolute atomic E-state index is 0.0787. The van der Waals surface area contributed by atoms with Gasteiger partial charge in [-0.2, -0.15) is 0 Å². The molecule has 5 heteroatoms. The van der Waals surface area contributed by atoms with Crippen LogP contribution in [0.5, 0.6) is 0 Å². The molecule has 54 valence electrons. The van der Waals surface area contributed by atoms with Gasteiger partial charge in [0.2, 0.25) is 0 Å². The molecular weight excluding hydrogens is 139 g/mol. The van der Waals surface area contributed by atoms with Gasteiger partial charge in [-0.05, 0) is 0 Å². The van der Waals surface area contributed by atoms with Crippen molar-refractivity contribution in [2.45, 2.75) is 12.7 Å². The average Bonchev–Trinajstić information content (AvgIpc) is 1.79. The summed E-state index contributed by atoms with van der Waals surface area (Å²) in [6, 6.07) is -0.251. The van der Waals surface area contributed by atoms with Crippen LogP contribution in [0, 0.1) is 0 Å². The van der Waals surface area contributed by atoms with Crippen LogP contribution >= 0.6 is 7.64 Å². The van der Waals surface area contributed by atoms with Crippen LogP contribution in [-0.4, -0.2) is 23.4 Å². The Hall–Kier alpha value is -0.340. The van der Waals surface area contributed by atoms with Crippen LogP contribution in [0.4, 0.5) is 4.79 Å². The van der Waals surface area contributed by atoms with Crippen molar-refractivity contribution in [1.82, 2.24) is 10.4 Å². The summed E-state index contributed by atoms with van der Waals surface area (Å²) >= 11 is 0. The quantitative estimate of drug-likeness (QED) is 0.420. The summed E-state index contributed by atoms with van der Waals surface area (Å²) in [6.07, 6.45) is 0. The molecule has 1 rings (SSSR count). The second-order valence-electron chi connectivity index (χ2n) is 2.47. The normalized spacial score (nSPS) is 35.0. The number of rotatable bonds is 0. The third-order valence-electron chi connectivity index (χ3n) is 1.56. The van der Waals surface area contributed by atoms with Crippen LogP contribution in [0.2, 0.25) is 0 Å². The fourth-order valence-electron chi connectivity index (χ4n) is 0.711. The summed E-state index contributed by atoms with van der Waals surface area (Å²) in [5.41, 5.74) is 0. The molecular formula is C4H11N2O2P. The summed E-state index contributed by atoms with van der Waals surface area (Å²) in [6.45, 7) is 3.49. The third kappa shape index (κ3) is 1.14. The topological polar surface area (TPSA) is 61.4 Å². The first-order valence-corrected chi connectivity index (χ1v) is 5.36. The summed E-state index contributed by atoms with van der Waals surface area (Å²) < 4.78 is 0. The standard InChI is InChI=1S/C4H11N2O2P/c1-3-5-4(7)6-9(3,2)8/h3,8-9H,1-2H3,(H2,5,6,7). The average molecular weight is 150 g/mol. The molecule has 1 unspecified atom stereocenters. The fraction of sp³-hybridized carbons (Fsp3) is 0.750. The van der Waals surface area contributed by atoms with Gasteiger partial charge in [-0.15, -0.1) is 0 Å². The Morgan fingerprint density at radius 2 is 2.33 bits per heavy atom. The van der Waals surface area contributed by atoms with E-state index in [1.807, 2.05) is 0 Å². The Morgan fingerprint density at radius 1 is 1.78 bits per heavy atom. The summed E-state index contributed by atoms with van der Waals surface area (Å²) in [4.78, 5) is 19.9. The van der Waals surface area contributed by atoms with Gasteiger partial charge in [0, 0.05) is 0 Å². The van der Waals surface area contributed by atoms with Gasteiger partial charge < -0.3 is 0 Å². The molecule has 0 aromatic carbocycles. The van der Waals surface area contributed by atoms with Gasteiger partial charge >= 0.3 is 53.1 Å². The Bertz CT molecular complexity index is 148. The number of hydrogen-bond acceptors (Lipinski definition) is 2. The summed E-state index contributed by atoms with van der Waals surface area (Å²) in [7, 11) is -2.42. The second kappa shape index (κ2) is 1.82. The van der Waals surface area contributed by atoms with E-state index in [1.165, 1.54) is 0 Å². The van der Waals surface area contributed by atoms with E-state index in [-0.39, 0.29) is 11.8 Å². The van der Waals surface area contributed by atoms with Crippen molar-refractivity contribution in [1.29, 1.82) is 0 Å². The van der Waals surface area contributed by atoms with Gasteiger partial charge in [-0.1, -0.05) is 0 Å². The van der Waals surface area contributed by atoms with Crippen molar-refractivity contribution in [2.75, 3.05) is 6.66 Å². The minimum atomic E-state index is -2.42. The molecule has 0 radical (unpaired) electrons. The Labute approximate surface area is 54.1 Å². The van der Waals surface area contributed by atoms with Crippen LogP contribution in [0.15, 0.2) is 0 Å². The number of carbonyl (C=O) groups excluding carboxylic acids is 1. The first kappa shape index (κ1) is 6.78. The SMILES string of the molecule is CC1NC(=O)N[PH]1(C)O. The molecule has 0 bridgehead atoms. The van der Waals surface area contributed by atoms with Crippen molar-refractivity contribution in [3.05, 3.63) is 0 Å². The summed E-state index contributed by atoms with van der Waals surface area (Å²) in [5, 5.41) is 5.06. The van der Waals surface area contributed by atoms with Gasteiger partial charge in [0.05, 0.1) is 0 Å². The van der Waals surface area contributed by atoms with Crippen LogP contribution in [0.3, 0.4) is 0 Å². The maximum absolute atomic E-state index is 10.5. The molecule has 3 N–H and O–H groups in total. The fourth-order valence-corrected chi connectivity index (χ4v) is 1.87. The number of carbonyl (C=O) groups is 1. The Kier molecular flexibility index (Phi) is 1.37. The molecule has 1 saturated heterocycles. The first-order chi connectivity index (χ1) is 4.02. The predicted octanol–water partition coefficient (Wildman–Crippen LogP) is -0.153. The van der Waals surface area contributed by atoms with E-state index in [0.717, 1.165) is 0 Å².